The number of nitrogens with one attached hydrogen (secondary N) is 1. The van der Waals surface area contributed by atoms with Gasteiger partial charge in [0.05, 0.1) is 6.04 Å². The number of piperazine rings is 3. The number of nitrogens with zero attached hydrogens (tertiary/aromatic N) is 4. The van der Waals surface area contributed by atoms with Gasteiger partial charge in [-0.15, -0.1) is 0 Å². The van der Waals surface area contributed by atoms with Crippen molar-refractivity contribution < 1.29 is 0 Å². The van der Waals surface area contributed by atoms with E-state index < -0.39 is 0 Å². The van der Waals surface area contributed by atoms with Gasteiger partial charge in [0.1, 0.15) is 11.6 Å². The second-order valence-electron chi connectivity index (χ2n) is 6.19. The Morgan fingerprint density at radius 1 is 1.15 bits per heavy atom. The summed E-state index contributed by atoms with van der Waals surface area (Å²) in [6.45, 7) is 12.3. The third kappa shape index (κ3) is 2.29. The number of aromatic nitrogens is 2. The van der Waals surface area contributed by atoms with Crippen LogP contribution in [0.1, 0.15) is 42.9 Å². The van der Waals surface area contributed by atoms with E-state index in [1.165, 1.54) is 18.7 Å². The molecule has 5 heteroatoms. The highest BCUT2D eigenvalue weighted by Gasteiger charge is 2.35. The van der Waals surface area contributed by atoms with Crippen molar-refractivity contribution >= 4 is 5.82 Å². The smallest absolute Gasteiger partial charge is 0.149 e. The van der Waals surface area contributed by atoms with E-state index >= 15 is 0 Å². The molecule has 1 aromatic rings. The molecule has 5 nitrogen and oxygen atoms in total. The van der Waals surface area contributed by atoms with Gasteiger partial charge in [0.2, 0.25) is 0 Å². The SMILES string of the molecule is CNc1nc(C2CN3CCN2CC3)nc(C)c1C(C)C. The Balaban J connectivity index is 1.96. The molecule has 4 heterocycles. The first-order chi connectivity index (χ1) is 9.60. The molecule has 1 aromatic heterocycles. The van der Waals surface area contributed by atoms with Crippen LogP contribution >= 0.6 is 0 Å². The molecule has 1 N–H and O–H groups in total. The molecular weight excluding hydrogens is 250 g/mol. The molecule has 110 valence electrons. The number of hydrogen-bond donors (Lipinski definition) is 1. The summed E-state index contributed by atoms with van der Waals surface area (Å²) in [5, 5.41) is 3.26. The van der Waals surface area contributed by atoms with Crippen LogP contribution in [0.3, 0.4) is 0 Å². The lowest BCUT2D eigenvalue weighted by Crippen LogP contribution is -2.57. The van der Waals surface area contributed by atoms with Gasteiger partial charge in [0.15, 0.2) is 0 Å². The highest BCUT2D eigenvalue weighted by Crippen LogP contribution is 2.31. The van der Waals surface area contributed by atoms with Crippen LogP contribution < -0.4 is 5.32 Å². The van der Waals surface area contributed by atoms with E-state index in [2.05, 4.69) is 35.9 Å². The van der Waals surface area contributed by atoms with Crippen LogP contribution in [0.15, 0.2) is 0 Å². The van der Waals surface area contributed by atoms with Gasteiger partial charge in [-0.1, -0.05) is 13.8 Å². The molecular formula is C15H25N5. The molecule has 0 spiro atoms. The lowest BCUT2D eigenvalue weighted by Gasteiger charge is -2.46. The molecule has 0 saturated carbocycles. The summed E-state index contributed by atoms with van der Waals surface area (Å²) >= 11 is 0. The lowest BCUT2D eigenvalue weighted by molar-refractivity contribution is 0.00862. The van der Waals surface area contributed by atoms with Crippen molar-refractivity contribution in [2.24, 2.45) is 0 Å². The summed E-state index contributed by atoms with van der Waals surface area (Å²) in [6, 6.07) is 0.365. The third-order valence-corrected chi connectivity index (χ3v) is 4.54. The monoisotopic (exact) mass is 275 g/mol. The maximum atomic E-state index is 4.83. The molecule has 0 amide bonds. The number of aryl methyl sites for hydroxylation is 1. The van der Waals surface area contributed by atoms with E-state index in [0.29, 0.717) is 12.0 Å². The molecule has 20 heavy (non-hydrogen) atoms. The lowest BCUT2D eigenvalue weighted by atomic mass is 10.0. The number of rotatable bonds is 3. The van der Waals surface area contributed by atoms with E-state index in [1.807, 2.05) is 7.05 Å². The topological polar surface area (TPSA) is 44.3 Å². The quantitative estimate of drug-likeness (QED) is 0.908. The fraction of sp³-hybridized carbons (Fsp3) is 0.733. The number of hydrogen-bond acceptors (Lipinski definition) is 5. The summed E-state index contributed by atoms with van der Waals surface area (Å²) in [5.74, 6) is 2.43. The largest absolute Gasteiger partial charge is 0.373 e. The molecule has 0 aromatic carbocycles. The van der Waals surface area contributed by atoms with E-state index in [4.69, 9.17) is 9.97 Å². The fourth-order valence-electron chi connectivity index (χ4n) is 3.50. The van der Waals surface area contributed by atoms with Gasteiger partial charge < -0.3 is 5.32 Å². The minimum atomic E-state index is 0.365. The van der Waals surface area contributed by atoms with Crippen LogP contribution in [0.2, 0.25) is 0 Å². The first kappa shape index (κ1) is 13.8. The van der Waals surface area contributed by atoms with Crippen LogP contribution in [0.4, 0.5) is 5.82 Å². The molecule has 0 aliphatic carbocycles. The first-order valence-electron chi connectivity index (χ1n) is 7.62. The average molecular weight is 275 g/mol. The Kier molecular flexibility index (Phi) is 3.65. The van der Waals surface area contributed by atoms with E-state index in [9.17, 15) is 0 Å². The Morgan fingerprint density at radius 3 is 2.35 bits per heavy atom. The van der Waals surface area contributed by atoms with Crippen molar-refractivity contribution in [1.29, 1.82) is 0 Å². The summed E-state index contributed by atoms with van der Waals surface area (Å²) in [7, 11) is 1.95. The predicted octanol–water partition coefficient (Wildman–Crippen LogP) is 1.62. The van der Waals surface area contributed by atoms with Crippen LogP contribution in [-0.4, -0.2) is 59.5 Å². The molecule has 3 aliphatic heterocycles. The van der Waals surface area contributed by atoms with Crippen molar-refractivity contribution in [3.05, 3.63) is 17.1 Å². The number of anilines is 1. The molecule has 3 saturated heterocycles. The normalized spacial score (nSPS) is 28.9. The third-order valence-electron chi connectivity index (χ3n) is 4.54. The molecule has 3 aliphatic rings. The maximum Gasteiger partial charge on any atom is 0.149 e. The van der Waals surface area contributed by atoms with Gasteiger partial charge in [-0.3, -0.25) is 9.80 Å². The predicted molar refractivity (Wildman–Crippen MR) is 81.2 cm³/mol. The second kappa shape index (κ2) is 5.30. The Bertz CT molecular complexity index is 491. The average Bonchev–Trinajstić information content (AvgIpc) is 2.47. The Morgan fingerprint density at radius 2 is 1.85 bits per heavy atom. The Labute approximate surface area is 121 Å². The Hall–Kier alpha value is -1.20. The van der Waals surface area contributed by atoms with Crippen molar-refractivity contribution in [2.75, 3.05) is 45.1 Å². The van der Waals surface area contributed by atoms with Gasteiger partial charge in [0, 0.05) is 51.0 Å². The van der Waals surface area contributed by atoms with Crippen LogP contribution in [-0.2, 0) is 0 Å². The zero-order valence-corrected chi connectivity index (χ0v) is 13.0. The maximum absolute atomic E-state index is 4.83. The highest BCUT2D eigenvalue weighted by atomic mass is 15.4. The summed E-state index contributed by atoms with van der Waals surface area (Å²) in [6.07, 6.45) is 0. The standard InChI is InChI=1S/C15H25N5/c1-10(2)13-11(3)17-14(18-15(13)16-4)12-9-19-5-7-20(12)8-6-19/h10,12H,5-9H2,1-4H3,(H,16,17,18). The zero-order valence-electron chi connectivity index (χ0n) is 13.0. The molecule has 2 bridgehead atoms. The minimum Gasteiger partial charge on any atom is -0.373 e. The first-order valence-corrected chi connectivity index (χ1v) is 7.62. The zero-order chi connectivity index (χ0) is 14.3. The van der Waals surface area contributed by atoms with Crippen LogP contribution in [0.5, 0.6) is 0 Å². The van der Waals surface area contributed by atoms with Crippen molar-refractivity contribution in [3.8, 4) is 0 Å². The van der Waals surface area contributed by atoms with Crippen LogP contribution in [0.25, 0.3) is 0 Å². The van der Waals surface area contributed by atoms with Gasteiger partial charge in [-0.05, 0) is 12.8 Å². The van der Waals surface area contributed by atoms with Crippen molar-refractivity contribution in [1.82, 2.24) is 19.8 Å². The fourth-order valence-corrected chi connectivity index (χ4v) is 3.50. The van der Waals surface area contributed by atoms with E-state index in [-0.39, 0.29) is 0 Å². The van der Waals surface area contributed by atoms with Gasteiger partial charge in [0.25, 0.3) is 0 Å². The summed E-state index contributed by atoms with van der Waals surface area (Å²) < 4.78 is 0. The summed E-state index contributed by atoms with van der Waals surface area (Å²) in [4.78, 5) is 14.7. The minimum absolute atomic E-state index is 0.365. The number of fused-ring (bicyclic) bond motifs is 3. The van der Waals surface area contributed by atoms with Crippen molar-refractivity contribution in [2.45, 2.75) is 32.7 Å². The van der Waals surface area contributed by atoms with E-state index in [0.717, 1.165) is 37.0 Å². The molecule has 1 atom stereocenters. The van der Waals surface area contributed by atoms with Gasteiger partial charge in [-0.2, -0.15) is 0 Å². The molecule has 1 unspecified atom stereocenters. The van der Waals surface area contributed by atoms with Gasteiger partial charge >= 0.3 is 0 Å². The van der Waals surface area contributed by atoms with Gasteiger partial charge in [-0.25, -0.2) is 9.97 Å². The molecule has 3 fully saturated rings. The molecule has 4 rings (SSSR count). The highest BCUT2D eigenvalue weighted by molar-refractivity contribution is 5.48. The summed E-state index contributed by atoms with van der Waals surface area (Å²) in [5.41, 5.74) is 2.36. The molecule has 0 radical (unpaired) electrons. The van der Waals surface area contributed by atoms with Crippen molar-refractivity contribution in [3.63, 3.8) is 0 Å². The van der Waals surface area contributed by atoms with E-state index in [1.54, 1.807) is 0 Å². The second-order valence-corrected chi connectivity index (χ2v) is 6.19. The van der Waals surface area contributed by atoms with Crippen LogP contribution in [0, 0.1) is 6.92 Å².